The molecule has 0 radical (unpaired) electrons. The normalized spacial score (nSPS) is 21.4. The Morgan fingerprint density at radius 1 is 0.931 bits per heavy atom. The molecule has 0 amide bonds. The van der Waals surface area contributed by atoms with Gasteiger partial charge < -0.3 is 9.47 Å². The third-order valence-corrected chi connectivity index (χ3v) is 5.56. The zero-order chi connectivity index (χ0) is 21.3. The average molecular weight is 407 g/mol. The predicted molar refractivity (Wildman–Crippen MR) is 118 cm³/mol. The number of ether oxygens (including phenoxy) is 2. The molecule has 0 heterocycles. The minimum absolute atomic E-state index is 0.0487. The third kappa shape index (κ3) is 11.3. The van der Waals surface area contributed by atoms with Crippen molar-refractivity contribution in [2.24, 2.45) is 17.8 Å². The minimum atomic E-state index is -0.0804. The van der Waals surface area contributed by atoms with Crippen molar-refractivity contribution < 1.29 is 19.1 Å². The van der Waals surface area contributed by atoms with Gasteiger partial charge in [0.25, 0.3) is 0 Å². The molecule has 0 aromatic rings. The Kier molecular flexibility index (Phi) is 14.3. The second-order valence-corrected chi connectivity index (χ2v) is 8.00. The molecule has 0 aromatic carbocycles. The van der Waals surface area contributed by atoms with Gasteiger partial charge in [-0.25, -0.2) is 0 Å². The Hall–Kier alpha value is -1.58. The molecule has 0 aliphatic heterocycles. The van der Waals surface area contributed by atoms with Crippen LogP contribution in [-0.2, 0) is 19.1 Å². The summed E-state index contributed by atoms with van der Waals surface area (Å²) in [5.74, 6) is 0.454. The first kappa shape index (κ1) is 25.5. The van der Waals surface area contributed by atoms with Crippen molar-refractivity contribution in [3.8, 4) is 0 Å². The second-order valence-electron chi connectivity index (χ2n) is 8.00. The molecule has 166 valence electrons. The van der Waals surface area contributed by atoms with Crippen LogP contribution in [0, 0.1) is 17.8 Å². The quantitative estimate of drug-likeness (QED) is 0.179. The van der Waals surface area contributed by atoms with E-state index in [4.69, 9.17) is 9.47 Å². The van der Waals surface area contributed by atoms with Crippen molar-refractivity contribution in [2.45, 2.75) is 91.4 Å². The first-order valence-corrected chi connectivity index (χ1v) is 11.8. The zero-order valence-corrected chi connectivity index (χ0v) is 18.9. The molecule has 1 rings (SSSR count). The summed E-state index contributed by atoms with van der Waals surface area (Å²) < 4.78 is 10.3. The van der Waals surface area contributed by atoms with Gasteiger partial charge in [0.05, 0.1) is 19.1 Å². The summed E-state index contributed by atoms with van der Waals surface area (Å²) in [6.45, 7) is 6.83. The summed E-state index contributed by atoms with van der Waals surface area (Å²) in [5, 5.41) is 0. The van der Waals surface area contributed by atoms with E-state index >= 15 is 0 Å². The van der Waals surface area contributed by atoms with Crippen LogP contribution in [-0.4, -0.2) is 25.2 Å². The summed E-state index contributed by atoms with van der Waals surface area (Å²) in [7, 11) is 0. The molecule has 3 atom stereocenters. The lowest BCUT2D eigenvalue weighted by molar-refractivity contribution is -0.149. The molecule has 0 N–H and O–H groups in total. The molecular weight excluding hydrogens is 364 g/mol. The molecule has 29 heavy (non-hydrogen) atoms. The van der Waals surface area contributed by atoms with E-state index in [-0.39, 0.29) is 23.8 Å². The molecular formula is C25H42O4. The highest BCUT2D eigenvalue weighted by Crippen LogP contribution is 2.33. The van der Waals surface area contributed by atoms with E-state index in [1.165, 1.54) is 25.7 Å². The summed E-state index contributed by atoms with van der Waals surface area (Å²) >= 11 is 0. The largest absolute Gasteiger partial charge is 0.466 e. The Morgan fingerprint density at radius 2 is 1.66 bits per heavy atom. The molecule has 1 aliphatic carbocycles. The third-order valence-electron chi connectivity index (χ3n) is 5.56. The van der Waals surface area contributed by atoms with Gasteiger partial charge in [0.2, 0.25) is 0 Å². The molecule has 1 aliphatic rings. The van der Waals surface area contributed by atoms with Crippen LogP contribution in [0.4, 0.5) is 0 Å². The number of hydrogen-bond acceptors (Lipinski definition) is 4. The minimum Gasteiger partial charge on any atom is -0.466 e. The monoisotopic (exact) mass is 406 g/mol. The van der Waals surface area contributed by atoms with Crippen LogP contribution in [0.25, 0.3) is 0 Å². The number of allylic oxidation sites excluding steroid dienone is 4. The number of carbonyl (C=O) groups is 2. The molecule has 0 saturated carbocycles. The molecule has 4 nitrogen and oxygen atoms in total. The molecule has 3 unspecified atom stereocenters. The highest BCUT2D eigenvalue weighted by atomic mass is 16.5. The second kappa shape index (κ2) is 16.2. The summed E-state index contributed by atoms with van der Waals surface area (Å²) in [4.78, 5) is 23.8. The van der Waals surface area contributed by atoms with E-state index in [0.29, 0.717) is 25.6 Å². The fraction of sp³-hybridized carbons (Fsp3) is 0.760. The lowest BCUT2D eigenvalue weighted by Crippen LogP contribution is -2.29. The van der Waals surface area contributed by atoms with Gasteiger partial charge >= 0.3 is 11.9 Å². The molecule has 4 heteroatoms. The van der Waals surface area contributed by atoms with Crippen molar-refractivity contribution >= 4 is 11.9 Å². The maximum atomic E-state index is 12.5. The van der Waals surface area contributed by atoms with Crippen LogP contribution in [0.5, 0.6) is 0 Å². The zero-order valence-electron chi connectivity index (χ0n) is 18.9. The van der Waals surface area contributed by atoms with E-state index in [2.05, 4.69) is 31.2 Å². The number of esters is 2. The van der Waals surface area contributed by atoms with Crippen LogP contribution >= 0.6 is 0 Å². The lowest BCUT2D eigenvalue weighted by Gasteiger charge is -2.29. The number of rotatable bonds is 15. The molecule has 0 spiro atoms. The predicted octanol–water partition coefficient (Wildman–Crippen LogP) is 6.40. The highest BCUT2D eigenvalue weighted by Gasteiger charge is 2.31. The van der Waals surface area contributed by atoms with Gasteiger partial charge in [0, 0.05) is 12.3 Å². The SMILES string of the molecule is CCCCC=CC1C=CC(CCCCCCCC(=O)OCC)CC1C(=O)OCC. The van der Waals surface area contributed by atoms with Gasteiger partial charge in [-0.3, -0.25) is 9.59 Å². The van der Waals surface area contributed by atoms with Crippen molar-refractivity contribution in [1.29, 1.82) is 0 Å². The van der Waals surface area contributed by atoms with Crippen LogP contribution in [0.1, 0.15) is 91.4 Å². The highest BCUT2D eigenvalue weighted by molar-refractivity contribution is 5.73. The lowest BCUT2D eigenvalue weighted by atomic mass is 9.77. The van der Waals surface area contributed by atoms with Crippen LogP contribution in [0.15, 0.2) is 24.3 Å². The Balaban J connectivity index is 2.36. The molecule has 0 aromatic heterocycles. The van der Waals surface area contributed by atoms with Crippen molar-refractivity contribution in [3.05, 3.63) is 24.3 Å². The fourth-order valence-electron chi connectivity index (χ4n) is 3.91. The summed E-state index contributed by atoms with van der Waals surface area (Å²) in [5.41, 5.74) is 0. The maximum Gasteiger partial charge on any atom is 0.309 e. The van der Waals surface area contributed by atoms with Crippen molar-refractivity contribution in [3.63, 3.8) is 0 Å². The van der Waals surface area contributed by atoms with Gasteiger partial charge in [-0.2, -0.15) is 0 Å². The smallest absolute Gasteiger partial charge is 0.309 e. The summed E-state index contributed by atoms with van der Waals surface area (Å²) in [6.07, 6.45) is 20.5. The van der Waals surface area contributed by atoms with Crippen LogP contribution in [0.2, 0.25) is 0 Å². The van der Waals surface area contributed by atoms with E-state index < -0.39 is 0 Å². The average Bonchev–Trinajstić information content (AvgIpc) is 2.71. The number of unbranched alkanes of at least 4 members (excludes halogenated alkanes) is 6. The first-order valence-electron chi connectivity index (χ1n) is 11.8. The van der Waals surface area contributed by atoms with Crippen LogP contribution < -0.4 is 0 Å². The van der Waals surface area contributed by atoms with E-state index in [9.17, 15) is 9.59 Å². The Bertz CT molecular complexity index is 509. The summed E-state index contributed by atoms with van der Waals surface area (Å²) in [6, 6.07) is 0. The van der Waals surface area contributed by atoms with E-state index in [1.54, 1.807) is 0 Å². The van der Waals surface area contributed by atoms with Gasteiger partial charge in [-0.1, -0.05) is 69.8 Å². The first-order chi connectivity index (χ1) is 14.1. The van der Waals surface area contributed by atoms with Gasteiger partial charge in [-0.15, -0.1) is 0 Å². The fourth-order valence-corrected chi connectivity index (χ4v) is 3.91. The number of carbonyl (C=O) groups excluding carboxylic acids is 2. The van der Waals surface area contributed by atoms with Gasteiger partial charge in [0.15, 0.2) is 0 Å². The van der Waals surface area contributed by atoms with E-state index in [0.717, 1.165) is 38.5 Å². The standard InChI is InChI=1S/C25H42O4/c1-4-7-8-13-16-22-19-18-21(20-23(22)25(27)29-6-3)15-12-10-9-11-14-17-24(26)28-5-2/h13,16,18-19,21-23H,4-12,14-15,17,20H2,1-3H3. The number of hydrogen-bond donors (Lipinski definition) is 0. The van der Waals surface area contributed by atoms with Gasteiger partial charge in [0.1, 0.15) is 0 Å². The topological polar surface area (TPSA) is 52.6 Å². The Labute approximate surface area is 178 Å². The van der Waals surface area contributed by atoms with Gasteiger partial charge in [-0.05, 0) is 45.4 Å². The molecule has 0 saturated heterocycles. The molecule has 0 fully saturated rings. The maximum absolute atomic E-state index is 12.5. The van der Waals surface area contributed by atoms with Crippen LogP contribution in [0.3, 0.4) is 0 Å². The van der Waals surface area contributed by atoms with Crippen molar-refractivity contribution in [1.82, 2.24) is 0 Å². The van der Waals surface area contributed by atoms with Crippen molar-refractivity contribution in [2.75, 3.05) is 13.2 Å². The Morgan fingerprint density at radius 3 is 2.38 bits per heavy atom. The van der Waals surface area contributed by atoms with E-state index in [1.807, 2.05) is 13.8 Å². The molecule has 0 bridgehead atoms.